The first-order valence-electron chi connectivity index (χ1n) is 7.20. The predicted molar refractivity (Wildman–Crippen MR) is 71.5 cm³/mol. The van der Waals surface area contributed by atoms with Crippen LogP contribution in [0.15, 0.2) is 0 Å². The Morgan fingerprint density at radius 3 is 0.909 bits per heavy atom. The quantitative estimate of drug-likeness (QED) is 0.470. The highest BCUT2D eigenvalue weighted by molar-refractivity contribution is 5.73. The number of carbonyl (C=O) groups is 4. The summed E-state index contributed by atoms with van der Waals surface area (Å²) in [7, 11) is 0. The molecule has 1 aliphatic heterocycles. The van der Waals surface area contributed by atoms with Crippen LogP contribution in [0.2, 0.25) is 0 Å². The Morgan fingerprint density at radius 1 is 0.455 bits per heavy atom. The van der Waals surface area contributed by atoms with Crippen LogP contribution in [0, 0.1) is 0 Å². The molecule has 8 nitrogen and oxygen atoms in total. The van der Waals surface area contributed by atoms with Crippen LogP contribution in [0.4, 0.5) is 0 Å². The van der Waals surface area contributed by atoms with E-state index in [0.29, 0.717) is 12.8 Å². The molecule has 0 atom stereocenters. The molecule has 124 valence electrons. The third-order valence-electron chi connectivity index (χ3n) is 2.74. The van der Waals surface area contributed by atoms with E-state index in [1.165, 1.54) is 0 Å². The number of esters is 4. The largest absolute Gasteiger partial charge is 0.462 e. The van der Waals surface area contributed by atoms with Gasteiger partial charge in [0.15, 0.2) is 0 Å². The van der Waals surface area contributed by atoms with Crippen molar-refractivity contribution in [2.75, 3.05) is 26.4 Å². The molecule has 0 aromatic rings. The van der Waals surface area contributed by atoms with E-state index in [2.05, 4.69) is 0 Å². The van der Waals surface area contributed by atoms with Crippen LogP contribution in [0.3, 0.4) is 0 Å². The summed E-state index contributed by atoms with van der Waals surface area (Å²) < 4.78 is 19.4. The molecule has 0 radical (unpaired) electrons. The fourth-order valence-electron chi connectivity index (χ4n) is 1.66. The molecule has 0 aliphatic carbocycles. The van der Waals surface area contributed by atoms with Crippen LogP contribution in [0.1, 0.15) is 38.5 Å². The van der Waals surface area contributed by atoms with Gasteiger partial charge in [0.05, 0.1) is 0 Å². The van der Waals surface area contributed by atoms with Crippen molar-refractivity contribution in [2.45, 2.75) is 38.5 Å². The van der Waals surface area contributed by atoms with Crippen molar-refractivity contribution in [3.05, 3.63) is 0 Å². The average Bonchev–Trinajstić information content (AvgIpc) is 2.47. The van der Waals surface area contributed by atoms with Crippen LogP contribution >= 0.6 is 0 Å². The molecule has 0 unspecified atom stereocenters. The van der Waals surface area contributed by atoms with Crippen molar-refractivity contribution >= 4 is 23.9 Å². The van der Waals surface area contributed by atoms with Gasteiger partial charge < -0.3 is 18.9 Å². The fourth-order valence-corrected chi connectivity index (χ4v) is 1.66. The van der Waals surface area contributed by atoms with Crippen LogP contribution in [-0.4, -0.2) is 50.3 Å². The first-order chi connectivity index (χ1) is 10.6. The van der Waals surface area contributed by atoms with Gasteiger partial charge in [-0.3, -0.25) is 19.2 Å². The zero-order chi connectivity index (χ0) is 16.2. The summed E-state index contributed by atoms with van der Waals surface area (Å²) in [6.07, 6.45) is 0.931. The summed E-state index contributed by atoms with van der Waals surface area (Å²) in [5.74, 6) is -1.84. The molecule has 0 saturated carbocycles. The SMILES string of the molecule is O=C1CCCC(=O)OCCOC(=O)CCCC(=O)OCCO1. The Kier molecular flexibility index (Phi) is 8.63. The topological polar surface area (TPSA) is 105 Å². The van der Waals surface area contributed by atoms with Crippen molar-refractivity contribution in [3.63, 3.8) is 0 Å². The maximum Gasteiger partial charge on any atom is 0.305 e. The van der Waals surface area contributed by atoms with Gasteiger partial charge in [-0.25, -0.2) is 0 Å². The van der Waals surface area contributed by atoms with Gasteiger partial charge in [0.25, 0.3) is 0 Å². The Morgan fingerprint density at radius 2 is 0.682 bits per heavy atom. The summed E-state index contributed by atoms with van der Waals surface area (Å²) in [6, 6.07) is 0. The van der Waals surface area contributed by atoms with E-state index in [-0.39, 0.29) is 52.1 Å². The highest BCUT2D eigenvalue weighted by Crippen LogP contribution is 2.03. The highest BCUT2D eigenvalue weighted by atomic mass is 16.6. The van der Waals surface area contributed by atoms with Crippen LogP contribution in [0.25, 0.3) is 0 Å². The summed E-state index contributed by atoms with van der Waals surface area (Å²) >= 11 is 0. The van der Waals surface area contributed by atoms with E-state index in [0.717, 1.165) is 0 Å². The van der Waals surface area contributed by atoms with E-state index >= 15 is 0 Å². The molecule has 1 rings (SSSR count). The third kappa shape index (κ3) is 8.93. The number of hydrogen-bond donors (Lipinski definition) is 0. The van der Waals surface area contributed by atoms with E-state index in [1.807, 2.05) is 0 Å². The number of rotatable bonds is 0. The predicted octanol–water partition coefficient (Wildman–Crippen LogP) is 0.513. The lowest BCUT2D eigenvalue weighted by Crippen LogP contribution is -2.16. The van der Waals surface area contributed by atoms with Crippen molar-refractivity contribution in [3.8, 4) is 0 Å². The van der Waals surface area contributed by atoms with Crippen molar-refractivity contribution in [1.29, 1.82) is 0 Å². The third-order valence-corrected chi connectivity index (χ3v) is 2.74. The van der Waals surface area contributed by atoms with E-state index in [1.54, 1.807) is 0 Å². The molecule has 0 N–H and O–H groups in total. The molecule has 1 aliphatic rings. The van der Waals surface area contributed by atoms with Crippen LogP contribution < -0.4 is 0 Å². The average molecular weight is 316 g/mol. The van der Waals surface area contributed by atoms with Gasteiger partial charge in [-0.05, 0) is 12.8 Å². The number of carbonyl (C=O) groups excluding carboxylic acids is 4. The Hall–Kier alpha value is -2.12. The molecule has 1 saturated heterocycles. The van der Waals surface area contributed by atoms with Crippen LogP contribution in [-0.2, 0) is 38.1 Å². The second-order valence-corrected chi connectivity index (χ2v) is 4.59. The van der Waals surface area contributed by atoms with Gasteiger partial charge >= 0.3 is 23.9 Å². The summed E-state index contributed by atoms with van der Waals surface area (Å²) in [6.45, 7) is -0.123. The second kappa shape index (κ2) is 10.6. The van der Waals surface area contributed by atoms with Crippen molar-refractivity contribution in [1.82, 2.24) is 0 Å². The Balaban J connectivity index is 2.38. The summed E-state index contributed by atoms with van der Waals surface area (Å²) in [5.41, 5.74) is 0. The first kappa shape index (κ1) is 17.9. The molecule has 22 heavy (non-hydrogen) atoms. The maximum absolute atomic E-state index is 11.3. The molecule has 1 heterocycles. The minimum absolute atomic E-state index is 0.0307. The minimum atomic E-state index is -0.459. The fraction of sp³-hybridized carbons (Fsp3) is 0.714. The second-order valence-electron chi connectivity index (χ2n) is 4.59. The highest BCUT2D eigenvalue weighted by Gasteiger charge is 2.11. The lowest BCUT2D eigenvalue weighted by Gasteiger charge is -2.08. The van der Waals surface area contributed by atoms with Gasteiger partial charge in [0, 0.05) is 25.7 Å². The number of hydrogen-bond acceptors (Lipinski definition) is 8. The van der Waals surface area contributed by atoms with Gasteiger partial charge in [-0.1, -0.05) is 0 Å². The zero-order valence-corrected chi connectivity index (χ0v) is 12.3. The molecule has 0 amide bonds. The molecular weight excluding hydrogens is 296 g/mol. The van der Waals surface area contributed by atoms with E-state index < -0.39 is 23.9 Å². The number of cyclic esters (lactones) is 4. The summed E-state index contributed by atoms with van der Waals surface area (Å²) in [5, 5.41) is 0. The smallest absolute Gasteiger partial charge is 0.305 e. The normalized spacial score (nSPS) is 20.7. The lowest BCUT2D eigenvalue weighted by molar-refractivity contribution is -0.155. The van der Waals surface area contributed by atoms with Crippen molar-refractivity contribution in [2.24, 2.45) is 0 Å². The van der Waals surface area contributed by atoms with Crippen molar-refractivity contribution < 1.29 is 38.1 Å². The molecule has 0 bridgehead atoms. The maximum atomic E-state index is 11.3. The van der Waals surface area contributed by atoms with Crippen LogP contribution in [0.5, 0.6) is 0 Å². The Labute approximate surface area is 128 Å². The molecule has 8 heteroatoms. The molecule has 0 aromatic carbocycles. The molecular formula is C14H20O8. The molecule has 0 aromatic heterocycles. The van der Waals surface area contributed by atoms with Gasteiger partial charge in [0.2, 0.25) is 0 Å². The zero-order valence-electron chi connectivity index (χ0n) is 12.3. The summed E-state index contributed by atoms with van der Waals surface area (Å²) in [4.78, 5) is 45.3. The lowest BCUT2D eigenvalue weighted by atomic mass is 10.2. The standard InChI is InChI=1S/C14H20O8/c15-11-3-1-4-12(16)20-8-10-22-14(18)6-2-5-13(17)21-9-7-19-11/h1-10H2. The van der Waals surface area contributed by atoms with Gasteiger partial charge in [0.1, 0.15) is 26.4 Å². The van der Waals surface area contributed by atoms with E-state index in [4.69, 9.17) is 18.9 Å². The van der Waals surface area contributed by atoms with Gasteiger partial charge in [-0.2, -0.15) is 0 Å². The minimum Gasteiger partial charge on any atom is -0.462 e. The van der Waals surface area contributed by atoms with E-state index in [9.17, 15) is 19.2 Å². The first-order valence-corrected chi connectivity index (χ1v) is 7.20. The Bertz CT molecular complexity index is 330. The molecule has 1 fully saturated rings. The number of ether oxygens (including phenoxy) is 4. The van der Waals surface area contributed by atoms with Gasteiger partial charge in [-0.15, -0.1) is 0 Å². The molecule has 0 spiro atoms. The monoisotopic (exact) mass is 316 g/mol.